The Balaban J connectivity index is 1.05. The van der Waals surface area contributed by atoms with E-state index in [9.17, 15) is 0 Å². The molecule has 0 spiro atoms. The third-order valence-corrected chi connectivity index (χ3v) is 12.8. The van der Waals surface area contributed by atoms with Crippen molar-refractivity contribution in [2.24, 2.45) is 0 Å². The van der Waals surface area contributed by atoms with Gasteiger partial charge in [0, 0.05) is 39.7 Å². The summed E-state index contributed by atoms with van der Waals surface area (Å²) in [6.45, 7) is 0. The monoisotopic (exact) mass is 701 g/mol. The highest BCUT2D eigenvalue weighted by Crippen LogP contribution is 2.48. The summed E-state index contributed by atoms with van der Waals surface area (Å²) >= 11 is 0. The highest BCUT2D eigenvalue weighted by molar-refractivity contribution is 6.28. The predicted octanol–water partition coefficient (Wildman–Crippen LogP) is 14.3. The van der Waals surface area contributed by atoms with Crippen LogP contribution in [0, 0.1) is 0 Å². The van der Waals surface area contributed by atoms with Gasteiger partial charge in [0.15, 0.2) is 0 Å². The second kappa shape index (κ2) is 14.3. The van der Waals surface area contributed by atoms with E-state index in [0.717, 1.165) is 22.3 Å². The number of anilines is 1. The Morgan fingerprint density at radius 1 is 0.389 bits per heavy atom. The minimum absolute atomic E-state index is 0.555. The molecular formula is C52H47NO. The minimum atomic E-state index is 0.555. The summed E-state index contributed by atoms with van der Waals surface area (Å²) in [7, 11) is 0. The van der Waals surface area contributed by atoms with E-state index >= 15 is 0 Å². The molecule has 10 rings (SSSR count). The zero-order chi connectivity index (χ0) is 35.8. The van der Waals surface area contributed by atoms with Crippen LogP contribution in [-0.4, -0.2) is 12.1 Å². The molecule has 2 saturated carbocycles. The van der Waals surface area contributed by atoms with Gasteiger partial charge in [-0.1, -0.05) is 152 Å². The van der Waals surface area contributed by atoms with Crippen molar-refractivity contribution < 1.29 is 4.42 Å². The van der Waals surface area contributed by atoms with Crippen molar-refractivity contribution in [2.45, 2.75) is 75.3 Å². The third-order valence-electron chi connectivity index (χ3n) is 12.8. The first-order valence-corrected chi connectivity index (χ1v) is 20.2. The molecule has 1 heterocycles. The zero-order valence-corrected chi connectivity index (χ0v) is 30.9. The summed E-state index contributed by atoms with van der Waals surface area (Å²) in [6, 6.07) is 61.4. The molecule has 266 valence electrons. The van der Waals surface area contributed by atoms with Gasteiger partial charge >= 0.3 is 0 Å². The SMILES string of the molecule is c1ccc(-c2oc3c4ccccc4c4ccccc4c3c2-c2ccc(N(C3CCC(c4ccccc4)CC3)C3CCC(c4ccccc4)CC3)cc2)cc1. The highest BCUT2D eigenvalue weighted by atomic mass is 16.3. The number of hydrogen-bond acceptors (Lipinski definition) is 2. The maximum absolute atomic E-state index is 7.01. The predicted molar refractivity (Wildman–Crippen MR) is 227 cm³/mol. The molecule has 0 bridgehead atoms. The molecular weight excluding hydrogens is 655 g/mol. The van der Waals surface area contributed by atoms with E-state index in [0.29, 0.717) is 23.9 Å². The topological polar surface area (TPSA) is 16.4 Å². The zero-order valence-electron chi connectivity index (χ0n) is 30.9. The summed E-state index contributed by atoms with van der Waals surface area (Å²) in [5, 5.41) is 6.10. The largest absolute Gasteiger partial charge is 0.455 e. The Labute approximate surface area is 319 Å². The van der Waals surface area contributed by atoms with Crippen molar-refractivity contribution in [1.82, 2.24) is 0 Å². The van der Waals surface area contributed by atoms with E-state index in [1.165, 1.54) is 101 Å². The number of furan rings is 1. The summed E-state index contributed by atoms with van der Waals surface area (Å²) in [5.41, 5.74) is 8.85. The van der Waals surface area contributed by atoms with E-state index in [2.05, 4.69) is 169 Å². The molecule has 0 atom stereocenters. The summed E-state index contributed by atoms with van der Waals surface area (Å²) in [6.07, 6.45) is 9.98. The minimum Gasteiger partial charge on any atom is -0.455 e. The van der Waals surface area contributed by atoms with Crippen molar-refractivity contribution in [3.63, 3.8) is 0 Å². The van der Waals surface area contributed by atoms with Crippen molar-refractivity contribution in [1.29, 1.82) is 0 Å². The van der Waals surface area contributed by atoms with Crippen molar-refractivity contribution in [3.05, 3.63) is 175 Å². The average molecular weight is 702 g/mol. The van der Waals surface area contributed by atoms with Crippen LogP contribution in [-0.2, 0) is 0 Å². The molecule has 0 saturated heterocycles. The molecule has 2 nitrogen and oxygen atoms in total. The lowest BCUT2D eigenvalue weighted by Crippen LogP contribution is -2.46. The van der Waals surface area contributed by atoms with Crippen LogP contribution in [0.2, 0.25) is 0 Å². The number of fused-ring (bicyclic) bond motifs is 6. The Morgan fingerprint density at radius 2 is 0.833 bits per heavy atom. The fourth-order valence-electron chi connectivity index (χ4n) is 10.1. The van der Waals surface area contributed by atoms with Crippen molar-refractivity contribution in [3.8, 4) is 22.5 Å². The van der Waals surface area contributed by atoms with Crippen LogP contribution >= 0.6 is 0 Å². The number of hydrogen-bond donors (Lipinski definition) is 0. The van der Waals surface area contributed by atoms with Crippen LogP contribution in [0.3, 0.4) is 0 Å². The van der Waals surface area contributed by atoms with Gasteiger partial charge in [0.2, 0.25) is 0 Å². The molecule has 0 aliphatic heterocycles. The Hall–Kier alpha value is -5.60. The van der Waals surface area contributed by atoms with E-state index in [1.54, 1.807) is 0 Å². The van der Waals surface area contributed by atoms with Crippen LogP contribution in [0.15, 0.2) is 168 Å². The lowest BCUT2D eigenvalue weighted by Gasteiger charge is -2.45. The summed E-state index contributed by atoms with van der Waals surface area (Å²) < 4.78 is 7.01. The summed E-state index contributed by atoms with van der Waals surface area (Å²) in [5.74, 6) is 2.27. The maximum Gasteiger partial charge on any atom is 0.143 e. The molecule has 2 heteroatoms. The first kappa shape index (κ1) is 33.0. The number of nitrogens with zero attached hydrogens (tertiary/aromatic N) is 1. The molecule has 2 fully saturated rings. The van der Waals surface area contributed by atoms with Crippen LogP contribution in [0.1, 0.15) is 74.3 Å². The van der Waals surface area contributed by atoms with Crippen LogP contribution < -0.4 is 4.90 Å². The third kappa shape index (κ3) is 5.99. The lowest BCUT2D eigenvalue weighted by atomic mass is 9.78. The Bertz CT molecular complexity index is 2440. The van der Waals surface area contributed by atoms with Gasteiger partial charge in [0.05, 0.1) is 0 Å². The van der Waals surface area contributed by atoms with Gasteiger partial charge in [-0.2, -0.15) is 0 Å². The fraction of sp³-hybridized carbons (Fsp3) is 0.231. The van der Waals surface area contributed by atoms with Crippen molar-refractivity contribution in [2.75, 3.05) is 4.90 Å². The highest BCUT2D eigenvalue weighted by Gasteiger charge is 2.34. The van der Waals surface area contributed by atoms with Crippen LogP contribution in [0.5, 0.6) is 0 Å². The van der Waals surface area contributed by atoms with Gasteiger partial charge in [-0.25, -0.2) is 0 Å². The molecule has 7 aromatic carbocycles. The van der Waals surface area contributed by atoms with E-state index in [1.807, 2.05) is 0 Å². The van der Waals surface area contributed by atoms with Gasteiger partial charge < -0.3 is 9.32 Å². The molecule has 1 aromatic heterocycles. The summed E-state index contributed by atoms with van der Waals surface area (Å²) in [4.78, 5) is 2.88. The molecule has 0 unspecified atom stereocenters. The first-order chi connectivity index (χ1) is 26.8. The lowest BCUT2D eigenvalue weighted by molar-refractivity contribution is 0.310. The fourth-order valence-corrected chi connectivity index (χ4v) is 10.1. The average Bonchev–Trinajstić information content (AvgIpc) is 3.67. The van der Waals surface area contributed by atoms with Gasteiger partial charge in [-0.05, 0) is 108 Å². The normalized spacial score (nSPS) is 20.4. The molecule has 2 aliphatic rings. The molecule has 0 radical (unpaired) electrons. The standard InChI is InChI=1S/C52H47NO/c1-4-14-36(15-5-1)38-24-30-42(31-25-38)53(43-32-26-39(27-33-43)37-16-6-2-7-17-37)44-34-28-40(29-35-44)49-50-47-22-12-10-20-45(47)46-21-11-13-23-48(46)52(50)54-51(49)41-18-8-3-9-19-41/h1-23,28-29,34-35,38-39,42-43H,24-27,30-33H2. The van der Waals surface area contributed by atoms with Gasteiger partial charge in [-0.3, -0.25) is 0 Å². The number of rotatable bonds is 7. The van der Waals surface area contributed by atoms with Crippen LogP contribution in [0.25, 0.3) is 55.0 Å². The molecule has 8 aromatic rings. The van der Waals surface area contributed by atoms with Gasteiger partial charge in [0.1, 0.15) is 11.3 Å². The molecule has 0 N–H and O–H groups in total. The quantitative estimate of drug-likeness (QED) is 0.154. The van der Waals surface area contributed by atoms with E-state index in [4.69, 9.17) is 4.42 Å². The smallest absolute Gasteiger partial charge is 0.143 e. The van der Waals surface area contributed by atoms with Crippen LogP contribution in [0.4, 0.5) is 5.69 Å². The van der Waals surface area contributed by atoms with Crippen molar-refractivity contribution >= 4 is 38.2 Å². The molecule has 54 heavy (non-hydrogen) atoms. The van der Waals surface area contributed by atoms with Gasteiger partial charge in [-0.15, -0.1) is 0 Å². The van der Waals surface area contributed by atoms with Gasteiger partial charge in [0.25, 0.3) is 0 Å². The van der Waals surface area contributed by atoms with E-state index in [-0.39, 0.29) is 0 Å². The first-order valence-electron chi connectivity index (χ1n) is 20.2. The molecule has 2 aliphatic carbocycles. The molecule has 0 amide bonds. The second-order valence-electron chi connectivity index (χ2n) is 15.8. The maximum atomic E-state index is 7.01. The second-order valence-corrected chi connectivity index (χ2v) is 15.8. The Morgan fingerprint density at radius 3 is 1.37 bits per heavy atom. The Kier molecular flexibility index (Phi) is 8.76. The van der Waals surface area contributed by atoms with E-state index < -0.39 is 0 Å². The number of benzene rings is 7.